The van der Waals surface area contributed by atoms with Crippen molar-refractivity contribution in [2.24, 2.45) is 0 Å². The Morgan fingerprint density at radius 3 is 2.43 bits per heavy atom. The maximum absolute atomic E-state index is 11.8. The Balaban J connectivity index is 2.11. The number of carbonyl (C=O) groups excluding carboxylic acids is 3. The maximum Gasteiger partial charge on any atom is 0.303 e. The van der Waals surface area contributed by atoms with Crippen molar-refractivity contribution in [2.75, 3.05) is 12.3 Å². The number of anilines is 1. The summed E-state index contributed by atoms with van der Waals surface area (Å²) in [7, 11) is 0. The summed E-state index contributed by atoms with van der Waals surface area (Å²) in [5.74, 6) is -1.35. The number of aromatic nitrogens is 4. The van der Waals surface area contributed by atoms with Crippen LogP contribution in [0.15, 0.2) is 12.9 Å². The number of nitrogens with two attached hydrogens (primary N) is 1. The lowest BCUT2D eigenvalue weighted by Crippen LogP contribution is -2.40. The summed E-state index contributed by atoms with van der Waals surface area (Å²) in [4.78, 5) is 47.2. The molecule has 0 saturated carbocycles. The fourth-order valence-corrected chi connectivity index (χ4v) is 3.24. The van der Waals surface area contributed by atoms with E-state index < -0.39 is 42.4 Å². The molecule has 0 aliphatic carbocycles. The molecular formula is C18H21N5O7. The summed E-state index contributed by atoms with van der Waals surface area (Å²) in [5.41, 5.74) is 6.49. The van der Waals surface area contributed by atoms with Crippen molar-refractivity contribution in [3.05, 3.63) is 18.7 Å². The molecule has 12 heteroatoms. The quantitative estimate of drug-likeness (QED) is 0.509. The highest BCUT2D eigenvalue weighted by Gasteiger charge is 2.51. The number of imidazole rings is 1. The number of hydrogen-bond acceptors (Lipinski definition) is 11. The Morgan fingerprint density at radius 1 is 1.17 bits per heavy atom. The zero-order valence-corrected chi connectivity index (χ0v) is 16.6. The van der Waals surface area contributed by atoms with Crippen molar-refractivity contribution in [1.29, 1.82) is 0 Å². The number of nitrogens with zero attached hydrogens (tertiary/aromatic N) is 4. The molecule has 12 nitrogen and oxygen atoms in total. The zero-order chi connectivity index (χ0) is 22.0. The maximum atomic E-state index is 11.8. The summed E-state index contributed by atoms with van der Waals surface area (Å²) in [6.07, 6.45) is -1.38. The van der Waals surface area contributed by atoms with Gasteiger partial charge in [-0.25, -0.2) is 15.0 Å². The van der Waals surface area contributed by atoms with E-state index in [9.17, 15) is 14.4 Å². The van der Waals surface area contributed by atoms with Gasteiger partial charge in [-0.05, 0) is 6.08 Å². The van der Waals surface area contributed by atoms with Crippen molar-refractivity contribution < 1.29 is 33.3 Å². The van der Waals surface area contributed by atoms with E-state index >= 15 is 0 Å². The van der Waals surface area contributed by atoms with Crippen molar-refractivity contribution in [1.82, 2.24) is 19.5 Å². The van der Waals surface area contributed by atoms with Crippen molar-refractivity contribution >= 4 is 41.0 Å². The Kier molecular flexibility index (Phi) is 5.96. The lowest BCUT2D eigenvalue weighted by atomic mass is 10.1. The molecule has 1 aliphatic rings. The van der Waals surface area contributed by atoms with Gasteiger partial charge in [0.25, 0.3) is 0 Å². The van der Waals surface area contributed by atoms with Crippen LogP contribution in [0, 0.1) is 0 Å². The average Bonchev–Trinajstić information content (AvgIpc) is 3.18. The van der Waals surface area contributed by atoms with E-state index in [2.05, 4.69) is 21.5 Å². The Bertz CT molecular complexity index is 1000. The van der Waals surface area contributed by atoms with Gasteiger partial charge in [0, 0.05) is 20.8 Å². The van der Waals surface area contributed by atoms with Gasteiger partial charge in [-0.2, -0.15) is 0 Å². The van der Waals surface area contributed by atoms with E-state index in [1.807, 2.05) is 0 Å². The van der Waals surface area contributed by atoms with Crippen LogP contribution in [0.2, 0.25) is 0 Å². The van der Waals surface area contributed by atoms with Crippen LogP contribution < -0.4 is 5.73 Å². The summed E-state index contributed by atoms with van der Waals surface area (Å²) in [6, 6.07) is 0. The average molecular weight is 419 g/mol. The molecule has 2 unspecified atom stereocenters. The first-order chi connectivity index (χ1) is 14.2. The SMILES string of the molecule is C=Cc1nc2c(N)ncnc2n1[C@@H]1O[C@H](COC(C)=O)C(OC(C)=O)C1OC(C)=O. The van der Waals surface area contributed by atoms with Crippen molar-refractivity contribution in [3.8, 4) is 0 Å². The molecule has 0 aromatic carbocycles. The zero-order valence-electron chi connectivity index (χ0n) is 16.6. The van der Waals surface area contributed by atoms with Crippen LogP contribution in [0.1, 0.15) is 32.8 Å². The van der Waals surface area contributed by atoms with Gasteiger partial charge in [0.1, 0.15) is 24.9 Å². The van der Waals surface area contributed by atoms with Crippen LogP contribution in [0.25, 0.3) is 17.2 Å². The Labute approximate surface area is 171 Å². The van der Waals surface area contributed by atoms with Gasteiger partial charge in [0.05, 0.1) is 0 Å². The minimum absolute atomic E-state index is 0.136. The van der Waals surface area contributed by atoms with Crippen LogP contribution in [-0.2, 0) is 33.3 Å². The van der Waals surface area contributed by atoms with Crippen molar-refractivity contribution in [3.63, 3.8) is 0 Å². The van der Waals surface area contributed by atoms with Gasteiger partial charge in [-0.15, -0.1) is 0 Å². The van der Waals surface area contributed by atoms with Gasteiger partial charge < -0.3 is 24.7 Å². The van der Waals surface area contributed by atoms with E-state index in [1.165, 1.54) is 37.7 Å². The number of rotatable bonds is 6. The second-order valence-electron chi connectivity index (χ2n) is 6.49. The first-order valence-electron chi connectivity index (χ1n) is 8.97. The number of ether oxygens (including phenoxy) is 4. The number of fused-ring (bicyclic) bond motifs is 1. The molecule has 1 saturated heterocycles. The van der Waals surface area contributed by atoms with Gasteiger partial charge in [-0.3, -0.25) is 19.0 Å². The van der Waals surface area contributed by atoms with Crippen LogP contribution in [-0.4, -0.2) is 62.3 Å². The molecule has 0 bridgehead atoms. The second-order valence-corrected chi connectivity index (χ2v) is 6.49. The third-order valence-corrected chi connectivity index (χ3v) is 4.31. The second kappa shape index (κ2) is 8.45. The highest BCUT2D eigenvalue weighted by molar-refractivity contribution is 5.83. The van der Waals surface area contributed by atoms with E-state index in [4.69, 9.17) is 24.7 Å². The number of nitrogen functional groups attached to an aromatic ring is 1. The third kappa shape index (κ3) is 4.08. The van der Waals surface area contributed by atoms with Gasteiger partial charge in [0.15, 0.2) is 35.4 Å². The van der Waals surface area contributed by atoms with Crippen molar-refractivity contribution in [2.45, 2.75) is 45.3 Å². The summed E-state index contributed by atoms with van der Waals surface area (Å²) in [5, 5.41) is 0. The predicted molar refractivity (Wildman–Crippen MR) is 101 cm³/mol. The highest BCUT2D eigenvalue weighted by Crippen LogP contribution is 2.37. The monoisotopic (exact) mass is 419 g/mol. The first-order valence-corrected chi connectivity index (χ1v) is 8.97. The summed E-state index contributed by atoms with van der Waals surface area (Å²) >= 11 is 0. The van der Waals surface area contributed by atoms with E-state index in [-0.39, 0.29) is 12.4 Å². The molecule has 2 aromatic rings. The number of esters is 3. The van der Waals surface area contributed by atoms with Gasteiger partial charge in [-0.1, -0.05) is 6.58 Å². The molecule has 0 spiro atoms. The topological polar surface area (TPSA) is 158 Å². The van der Waals surface area contributed by atoms with Crippen LogP contribution in [0.5, 0.6) is 0 Å². The van der Waals surface area contributed by atoms with Gasteiger partial charge in [0.2, 0.25) is 0 Å². The number of hydrogen-bond donors (Lipinski definition) is 1. The Hall–Kier alpha value is -3.54. The molecule has 0 amide bonds. The van der Waals surface area contributed by atoms with E-state index in [0.29, 0.717) is 17.0 Å². The molecular weight excluding hydrogens is 398 g/mol. The molecule has 1 fully saturated rings. The smallest absolute Gasteiger partial charge is 0.303 e. The fraction of sp³-hybridized carbons (Fsp3) is 0.444. The molecule has 2 N–H and O–H groups in total. The van der Waals surface area contributed by atoms with Crippen LogP contribution in [0.4, 0.5) is 5.82 Å². The molecule has 1 aliphatic heterocycles. The molecule has 4 atom stereocenters. The molecule has 160 valence electrons. The first kappa shape index (κ1) is 21.2. The standard InChI is InChI=1S/C18H21N5O7/c1-5-12-22-13-16(19)20-7-21-17(13)23(12)18-15(29-10(4)26)14(28-9(3)25)11(30-18)6-27-8(2)24/h5,7,11,14-15,18H,1,6H2,2-4H3,(H2,19,20,21)/t11-,14?,15?,18-/m1/s1. The largest absolute Gasteiger partial charge is 0.463 e. The van der Waals surface area contributed by atoms with Crippen LogP contribution in [0.3, 0.4) is 0 Å². The molecule has 3 rings (SSSR count). The molecule has 30 heavy (non-hydrogen) atoms. The molecule has 2 aromatic heterocycles. The normalized spacial score (nSPS) is 23.2. The number of carbonyl (C=O) groups is 3. The highest BCUT2D eigenvalue weighted by atomic mass is 16.7. The fourth-order valence-electron chi connectivity index (χ4n) is 3.24. The Morgan fingerprint density at radius 2 is 1.83 bits per heavy atom. The minimum Gasteiger partial charge on any atom is -0.463 e. The van der Waals surface area contributed by atoms with Gasteiger partial charge >= 0.3 is 17.9 Å². The third-order valence-electron chi connectivity index (χ3n) is 4.31. The summed E-state index contributed by atoms with van der Waals surface area (Å²) < 4.78 is 23.4. The van der Waals surface area contributed by atoms with E-state index in [0.717, 1.165) is 0 Å². The minimum atomic E-state index is -1.08. The summed E-state index contributed by atoms with van der Waals surface area (Å²) in [6.45, 7) is 7.15. The lowest BCUT2D eigenvalue weighted by molar-refractivity contribution is -0.166. The van der Waals surface area contributed by atoms with Crippen LogP contribution >= 0.6 is 0 Å². The predicted octanol–water partition coefficient (Wildman–Crippen LogP) is 0.375. The molecule has 0 radical (unpaired) electrons. The lowest BCUT2D eigenvalue weighted by Gasteiger charge is -2.24. The molecule has 3 heterocycles. The van der Waals surface area contributed by atoms with E-state index in [1.54, 1.807) is 0 Å².